The molecule has 106 valence electrons. The molecule has 1 aromatic heterocycles. The van der Waals surface area contributed by atoms with E-state index in [2.05, 4.69) is 4.98 Å². The van der Waals surface area contributed by atoms with Crippen molar-refractivity contribution in [2.45, 2.75) is 30.9 Å². The summed E-state index contributed by atoms with van der Waals surface area (Å²) in [4.78, 5) is 3.72. The van der Waals surface area contributed by atoms with E-state index in [1.165, 1.54) is 6.20 Å². The minimum Gasteiger partial charge on any atom is -0.330 e. The Kier molecular flexibility index (Phi) is 2.97. The second kappa shape index (κ2) is 4.45. The van der Waals surface area contributed by atoms with Gasteiger partial charge in [-0.25, -0.2) is 0 Å². The van der Waals surface area contributed by atoms with E-state index < -0.39 is 11.7 Å². The van der Waals surface area contributed by atoms with Crippen LogP contribution in [0.5, 0.6) is 0 Å². The number of alkyl halides is 3. The van der Waals surface area contributed by atoms with Crippen molar-refractivity contribution in [2.75, 3.05) is 6.54 Å². The Labute approximate surface area is 114 Å². The van der Waals surface area contributed by atoms with Crippen LogP contribution in [-0.2, 0) is 11.6 Å². The van der Waals surface area contributed by atoms with E-state index in [0.29, 0.717) is 11.9 Å². The van der Waals surface area contributed by atoms with Gasteiger partial charge in [0.1, 0.15) is 0 Å². The van der Waals surface area contributed by atoms with E-state index in [0.717, 1.165) is 31.0 Å². The average Bonchev–Trinajstić information content (AvgIpc) is 2.36. The summed E-state index contributed by atoms with van der Waals surface area (Å²) in [6.45, 7) is 0.533. The van der Waals surface area contributed by atoms with Gasteiger partial charge < -0.3 is 5.73 Å². The molecule has 1 aliphatic rings. The first-order valence-electron chi connectivity index (χ1n) is 6.62. The lowest BCUT2D eigenvalue weighted by Gasteiger charge is -2.41. The Morgan fingerprint density at radius 3 is 2.50 bits per heavy atom. The Morgan fingerprint density at radius 1 is 1.20 bits per heavy atom. The van der Waals surface area contributed by atoms with Crippen LogP contribution in [0.2, 0.25) is 0 Å². The van der Waals surface area contributed by atoms with Crippen molar-refractivity contribution in [3.63, 3.8) is 0 Å². The van der Waals surface area contributed by atoms with Crippen LogP contribution in [0.4, 0.5) is 13.2 Å². The van der Waals surface area contributed by atoms with Gasteiger partial charge in [-0.1, -0.05) is 18.6 Å². The van der Waals surface area contributed by atoms with Crippen molar-refractivity contribution in [3.05, 3.63) is 41.7 Å². The SMILES string of the molecule is NCC1(c2ccc3c(C(F)(F)F)cncc3c2)CCC1. The molecule has 1 heterocycles. The molecule has 0 saturated heterocycles. The van der Waals surface area contributed by atoms with Gasteiger partial charge in [0.25, 0.3) is 0 Å². The standard InChI is InChI=1S/C15H15F3N2/c16-15(17,18)13-8-20-7-10-6-11(2-3-12(10)13)14(9-19)4-1-5-14/h2-3,6-8H,1,4-5,9,19H2. The topological polar surface area (TPSA) is 38.9 Å². The zero-order valence-corrected chi connectivity index (χ0v) is 10.9. The predicted molar refractivity (Wildman–Crippen MR) is 71.3 cm³/mol. The quantitative estimate of drug-likeness (QED) is 0.912. The molecule has 0 atom stereocenters. The van der Waals surface area contributed by atoms with Crippen molar-refractivity contribution in [1.82, 2.24) is 4.98 Å². The first-order chi connectivity index (χ1) is 9.46. The number of halogens is 3. The highest BCUT2D eigenvalue weighted by Gasteiger charge is 2.38. The summed E-state index contributed by atoms with van der Waals surface area (Å²) in [5, 5.41) is 0.722. The number of benzene rings is 1. The maximum atomic E-state index is 12.9. The number of fused-ring (bicyclic) bond motifs is 1. The fraction of sp³-hybridized carbons (Fsp3) is 0.400. The number of hydrogen-bond donors (Lipinski definition) is 1. The molecule has 0 radical (unpaired) electrons. The fourth-order valence-electron chi connectivity index (χ4n) is 2.95. The summed E-state index contributed by atoms with van der Waals surface area (Å²) >= 11 is 0. The molecule has 1 fully saturated rings. The predicted octanol–water partition coefficient (Wildman–Crippen LogP) is 3.63. The summed E-state index contributed by atoms with van der Waals surface area (Å²) in [5.74, 6) is 0. The molecular weight excluding hydrogens is 265 g/mol. The van der Waals surface area contributed by atoms with E-state index in [1.54, 1.807) is 12.1 Å². The van der Waals surface area contributed by atoms with Crippen molar-refractivity contribution in [1.29, 1.82) is 0 Å². The molecule has 0 unspecified atom stereocenters. The van der Waals surface area contributed by atoms with Crippen molar-refractivity contribution in [3.8, 4) is 0 Å². The Bertz CT molecular complexity index is 640. The van der Waals surface area contributed by atoms with Gasteiger partial charge in [0.2, 0.25) is 0 Å². The summed E-state index contributed by atoms with van der Waals surface area (Å²) in [6, 6.07) is 5.14. The highest BCUT2D eigenvalue weighted by molar-refractivity contribution is 5.86. The van der Waals surface area contributed by atoms with Crippen LogP contribution in [0.15, 0.2) is 30.6 Å². The number of nitrogens with two attached hydrogens (primary N) is 1. The van der Waals surface area contributed by atoms with Crippen molar-refractivity contribution >= 4 is 10.8 Å². The maximum absolute atomic E-state index is 12.9. The minimum absolute atomic E-state index is 0.0531. The molecule has 0 spiro atoms. The van der Waals surface area contributed by atoms with E-state index >= 15 is 0 Å². The molecule has 5 heteroatoms. The second-order valence-electron chi connectivity index (χ2n) is 5.46. The van der Waals surface area contributed by atoms with E-state index in [-0.39, 0.29) is 10.8 Å². The molecule has 1 saturated carbocycles. The molecule has 2 nitrogen and oxygen atoms in total. The summed E-state index contributed by atoms with van der Waals surface area (Å²) < 4.78 is 38.8. The van der Waals surface area contributed by atoms with Crippen molar-refractivity contribution < 1.29 is 13.2 Å². The van der Waals surface area contributed by atoms with Crippen LogP contribution in [-0.4, -0.2) is 11.5 Å². The molecule has 1 aromatic carbocycles. The zero-order valence-electron chi connectivity index (χ0n) is 10.9. The lowest BCUT2D eigenvalue weighted by atomic mass is 9.64. The smallest absolute Gasteiger partial charge is 0.330 e. The molecule has 0 bridgehead atoms. The summed E-state index contributed by atoms with van der Waals surface area (Å²) in [6.07, 6.45) is 1.11. The Morgan fingerprint density at radius 2 is 1.95 bits per heavy atom. The van der Waals surface area contributed by atoms with Gasteiger partial charge in [-0.05, 0) is 29.9 Å². The van der Waals surface area contributed by atoms with Crippen LogP contribution in [0, 0.1) is 0 Å². The molecule has 3 rings (SSSR count). The van der Waals surface area contributed by atoms with E-state index in [1.807, 2.05) is 6.07 Å². The number of hydrogen-bond acceptors (Lipinski definition) is 2. The third-order valence-electron chi connectivity index (χ3n) is 4.38. The number of aromatic nitrogens is 1. The highest BCUT2D eigenvalue weighted by Crippen LogP contribution is 2.44. The van der Waals surface area contributed by atoms with Gasteiger partial charge >= 0.3 is 6.18 Å². The van der Waals surface area contributed by atoms with Crippen LogP contribution in [0.25, 0.3) is 10.8 Å². The maximum Gasteiger partial charge on any atom is 0.418 e. The highest BCUT2D eigenvalue weighted by atomic mass is 19.4. The molecular formula is C15H15F3N2. The summed E-state index contributed by atoms with van der Waals surface area (Å²) in [5.41, 5.74) is 6.14. The van der Waals surface area contributed by atoms with Gasteiger partial charge in [0, 0.05) is 29.7 Å². The number of pyridine rings is 1. The average molecular weight is 280 g/mol. The third-order valence-corrected chi connectivity index (χ3v) is 4.38. The fourth-order valence-corrected chi connectivity index (χ4v) is 2.95. The first-order valence-corrected chi connectivity index (χ1v) is 6.62. The van der Waals surface area contributed by atoms with Crippen LogP contribution in [0.3, 0.4) is 0 Å². The molecule has 2 N–H and O–H groups in total. The number of rotatable bonds is 2. The molecule has 0 amide bonds. The third kappa shape index (κ3) is 1.97. The molecule has 20 heavy (non-hydrogen) atoms. The van der Waals surface area contributed by atoms with Gasteiger partial charge in [-0.3, -0.25) is 4.98 Å². The molecule has 0 aliphatic heterocycles. The van der Waals surface area contributed by atoms with Gasteiger partial charge in [-0.2, -0.15) is 13.2 Å². The first kappa shape index (κ1) is 13.4. The van der Waals surface area contributed by atoms with Crippen LogP contribution in [0.1, 0.15) is 30.4 Å². The lowest BCUT2D eigenvalue weighted by molar-refractivity contribution is -0.136. The zero-order chi connectivity index (χ0) is 14.4. The lowest BCUT2D eigenvalue weighted by Crippen LogP contribution is -2.41. The van der Waals surface area contributed by atoms with Crippen LogP contribution >= 0.6 is 0 Å². The largest absolute Gasteiger partial charge is 0.418 e. The summed E-state index contributed by atoms with van der Waals surface area (Å²) in [7, 11) is 0. The Balaban J connectivity index is 2.14. The minimum atomic E-state index is -4.38. The second-order valence-corrected chi connectivity index (χ2v) is 5.46. The van der Waals surface area contributed by atoms with Gasteiger partial charge in [0.15, 0.2) is 0 Å². The van der Waals surface area contributed by atoms with Gasteiger partial charge in [0.05, 0.1) is 5.56 Å². The van der Waals surface area contributed by atoms with E-state index in [4.69, 9.17) is 5.73 Å². The Hall–Kier alpha value is -1.62. The normalized spacial score (nSPS) is 18.0. The monoisotopic (exact) mass is 280 g/mol. The number of nitrogens with zero attached hydrogens (tertiary/aromatic N) is 1. The van der Waals surface area contributed by atoms with Gasteiger partial charge in [-0.15, -0.1) is 0 Å². The molecule has 1 aliphatic carbocycles. The molecule has 2 aromatic rings. The van der Waals surface area contributed by atoms with E-state index in [9.17, 15) is 13.2 Å². The van der Waals surface area contributed by atoms with Crippen LogP contribution < -0.4 is 5.73 Å². The van der Waals surface area contributed by atoms with Crippen molar-refractivity contribution in [2.24, 2.45) is 5.73 Å².